The van der Waals surface area contributed by atoms with Crippen LogP contribution in [0.4, 0.5) is 0 Å². The Bertz CT molecular complexity index is 529. The Kier molecular flexibility index (Phi) is 3.97. The van der Waals surface area contributed by atoms with Crippen molar-refractivity contribution in [2.75, 3.05) is 0 Å². The molecule has 1 fully saturated rings. The summed E-state index contributed by atoms with van der Waals surface area (Å²) in [5.74, 6) is 0.0752. The van der Waals surface area contributed by atoms with Crippen LogP contribution < -0.4 is 5.59 Å². The first kappa shape index (κ1) is 15.5. The van der Waals surface area contributed by atoms with Gasteiger partial charge in [-0.1, -0.05) is 11.6 Å². The molecule has 4 nitrogen and oxygen atoms in total. The number of aromatic nitrogens is 1. The number of carbonyl (C=O) groups excluding carboxylic acids is 1. The summed E-state index contributed by atoms with van der Waals surface area (Å²) in [5, 5.41) is 0.460. The Hall–Kier alpha value is -0.905. The summed E-state index contributed by atoms with van der Waals surface area (Å²) in [6, 6.07) is 1.75. The molecule has 1 aliphatic heterocycles. The van der Waals surface area contributed by atoms with Crippen LogP contribution in [0.2, 0.25) is 5.02 Å². The summed E-state index contributed by atoms with van der Waals surface area (Å²) in [5.41, 5.74) is 0.488. The second-order valence-electron chi connectivity index (χ2n) is 6.18. The summed E-state index contributed by atoms with van der Waals surface area (Å²) < 4.78 is 11.8. The first-order valence-electron chi connectivity index (χ1n) is 6.62. The SMILES string of the molecule is CC(=O)Cc1cnc(B2OC(C)(C)C(C)(C)O2)c(Cl)c1. The second kappa shape index (κ2) is 5.13. The molecule has 0 atom stereocenters. The topological polar surface area (TPSA) is 48.4 Å². The zero-order valence-corrected chi connectivity index (χ0v) is 13.2. The molecule has 0 unspecified atom stereocenters. The number of rotatable bonds is 3. The van der Waals surface area contributed by atoms with Crippen LogP contribution in [0.1, 0.15) is 40.2 Å². The molecule has 0 spiro atoms. The van der Waals surface area contributed by atoms with Crippen LogP contribution in [0.25, 0.3) is 0 Å². The summed E-state index contributed by atoms with van der Waals surface area (Å²) in [6.07, 6.45) is 1.98. The number of ketones is 1. The van der Waals surface area contributed by atoms with Gasteiger partial charge in [-0.3, -0.25) is 9.78 Å². The van der Waals surface area contributed by atoms with E-state index in [1.165, 1.54) is 6.92 Å². The van der Waals surface area contributed by atoms with Crippen molar-refractivity contribution in [1.29, 1.82) is 0 Å². The zero-order valence-electron chi connectivity index (χ0n) is 12.5. The quantitative estimate of drug-likeness (QED) is 0.802. The van der Waals surface area contributed by atoms with E-state index in [0.29, 0.717) is 17.0 Å². The molecule has 1 aliphatic rings. The maximum absolute atomic E-state index is 11.1. The van der Waals surface area contributed by atoms with Gasteiger partial charge in [-0.25, -0.2) is 0 Å². The average Bonchev–Trinajstić information content (AvgIpc) is 2.46. The molecule has 0 radical (unpaired) electrons. The van der Waals surface area contributed by atoms with Gasteiger partial charge in [0.2, 0.25) is 0 Å². The standard InChI is InChI=1S/C14H19BClNO3/c1-9(18)6-10-7-11(16)12(17-8-10)15-19-13(2,3)14(4,5)20-15/h7-8H,6H2,1-5H3. The minimum Gasteiger partial charge on any atom is -0.398 e. The molecule has 1 aromatic rings. The molecule has 0 amide bonds. The Morgan fingerprint density at radius 1 is 1.30 bits per heavy atom. The lowest BCUT2D eigenvalue weighted by Crippen LogP contribution is -2.41. The highest BCUT2D eigenvalue weighted by atomic mass is 35.5. The van der Waals surface area contributed by atoms with Gasteiger partial charge in [0.1, 0.15) is 5.78 Å². The van der Waals surface area contributed by atoms with Gasteiger partial charge in [0.15, 0.2) is 0 Å². The summed E-state index contributed by atoms with van der Waals surface area (Å²) in [7, 11) is -0.584. The van der Waals surface area contributed by atoms with E-state index in [4.69, 9.17) is 20.9 Å². The number of Topliss-reactive ketones (excluding diaryl/α,β-unsaturated/α-hetero) is 1. The number of halogens is 1. The number of pyridine rings is 1. The third-order valence-corrected chi connectivity index (χ3v) is 4.16. The van der Waals surface area contributed by atoms with Crippen molar-refractivity contribution in [3.8, 4) is 0 Å². The largest absolute Gasteiger partial charge is 0.516 e. The van der Waals surface area contributed by atoms with Crippen LogP contribution in [-0.4, -0.2) is 29.1 Å². The van der Waals surface area contributed by atoms with Gasteiger partial charge in [0.25, 0.3) is 0 Å². The predicted octanol–water partition coefficient (Wildman–Crippen LogP) is 2.17. The molecule has 0 saturated carbocycles. The highest BCUT2D eigenvalue weighted by Crippen LogP contribution is 2.36. The first-order chi connectivity index (χ1) is 9.12. The lowest BCUT2D eigenvalue weighted by molar-refractivity contribution is -0.116. The summed E-state index contributed by atoms with van der Waals surface area (Å²) in [4.78, 5) is 15.4. The van der Waals surface area contributed by atoms with Crippen LogP contribution in [0.15, 0.2) is 12.3 Å². The fourth-order valence-corrected chi connectivity index (χ4v) is 2.28. The zero-order chi connectivity index (χ0) is 15.1. The average molecular weight is 296 g/mol. The van der Waals surface area contributed by atoms with E-state index in [1.54, 1.807) is 12.3 Å². The molecule has 0 bridgehead atoms. The van der Waals surface area contributed by atoms with E-state index >= 15 is 0 Å². The van der Waals surface area contributed by atoms with Crippen LogP contribution >= 0.6 is 11.6 Å². The van der Waals surface area contributed by atoms with E-state index in [1.807, 2.05) is 27.7 Å². The fraction of sp³-hybridized carbons (Fsp3) is 0.571. The number of nitrogens with zero attached hydrogens (tertiary/aromatic N) is 1. The van der Waals surface area contributed by atoms with Crippen molar-refractivity contribution < 1.29 is 14.1 Å². The lowest BCUT2D eigenvalue weighted by Gasteiger charge is -2.32. The van der Waals surface area contributed by atoms with Crippen LogP contribution in [0, 0.1) is 0 Å². The maximum Gasteiger partial charge on any atom is 0.516 e. The van der Waals surface area contributed by atoms with Gasteiger partial charge >= 0.3 is 7.12 Å². The van der Waals surface area contributed by atoms with Crippen molar-refractivity contribution in [1.82, 2.24) is 4.98 Å². The number of hydrogen-bond acceptors (Lipinski definition) is 4. The Labute approximate surface area is 125 Å². The molecule has 6 heteroatoms. The fourth-order valence-electron chi connectivity index (χ4n) is 2.00. The number of carbonyl (C=O) groups is 1. The van der Waals surface area contributed by atoms with E-state index in [9.17, 15) is 4.79 Å². The normalized spacial score (nSPS) is 20.2. The van der Waals surface area contributed by atoms with Crippen LogP contribution in [0.3, 0.4) is 0 Å². The molecule has 20 heavy (non-hydrogen) atoms. The summed E-state index contributed by atoms with van der Waals surface area (Å²) >= 11 is 6.25. The van der Waals surface area contributed by atoms with E-state index in [0.717, 1.165) is 5.56 Å². The van der Waals surface area contributed by atoms with Gasteiger partial charge in [0, 0.05) is 12.6 Å². The van der Waals surface area contributed by atoms with Crippen LogP contribution in [-0.2, 0) is 20.5 Å². The van der Waals surface area contributed by atoms with Crippen molar-refractivity contribution >= 4 is 30.1 Å². The van der Waals surface area contributed by atoms with Gasteiger partial charge in [-0.05, 0) is 46.2 Å². The highest BCUT2D eigenvalue weighted by Gasteiger charge is 2.52. The number of hydrogen-bond donors (Lipinski definition) is 0. The molecule has 0 N–H and O–H groups in total. The first-order valence-corrected chi connectivity index (χ1v) is 6.99. The Balaban J connectivity index is 2.25. The molecule has 0 aliphatic carbocycles. The van der Waals surface area contributed by atoms with Crippen molar-refractivity contribution in [2.45, 2.75) is 52.2 Å². The monoisotopic (exact) mass is 295 g/mol. The molecule has 2 rings (SSSR count). The van der Waals surface area contributed by atoms with Gasteiger partial charge in [-0.2, -0.15) is 0 Å². The minimum absolute atomic E-state index is 0.0752. The molecular weight excluding hydrogens is 276 g/mol. The predicted molar refractivity (Wildman–Crippen MR) is 79.3 cm³/mol. The summed E-state index contributed by atoms with van der Waals surface area (Å²) in [6.45, 7) is 9.45. The third kappa shape index (κ3) is 2.90. The van der Waals surface area contributed by atoms with E-state index in [2.05, 4.69) is 4.98 Å². The molecule has 1 aromatic heterocycles. The molecule has 1 saturated heterocycles. The van der Waals surface area contributed by atoms with Gasteiger partial charge in [0.05, 0.1) is 21.8 Å². The molecular formula is C14H19BClNO3. The minimum atomic E-state index is -0.584. The molecule has 108 valence electrons. The van der Waals surface area contributed by atoms with E-state index < -0.39 is 18.3 Å². The van der Waals surface area contributed by atoms with Gasteiger partial charge in [-0.15, -0.1) is 0 Å². The molecule has 2 heterocycles. The van der Waals surface area contributed by atoms with Gasteiger partial charge < -0.3 is 9.31 Å². The maximum atomic E-state index is 11.1. The Morgan fingerprint density at radius 2 is 1.85 bits per heavy atom. The van der Waals surface area contributed by atoms with Crippen molar-refractivity contribution in [3.05, 3.63) is 22.8 Å². The van der Waals surface area contributed by atoms with Crippen molar-refractivity contribution in [2.24, 2.45) is 0 Å². The lowest BCUT2D eigenvalue weighted by atomic mass is 9.84. The van der Waals surface area contributed by atoms with E-state index in [-0.39, 0.29) is 5.78 Å². The highest BCUT2D eigenvalue weighted by molar-refractivity contribution is 6.64. The Morgan fingerprint density at radius 3 is 2.30 bits per heavy atom. The van der Waals surface area contributed by atoms with Crippen LogP contribution in [0.5, 0.6) is 0 Å². The van der Waals surface area contributed by atoms with Crippen molar-refractivity contribution in [3.63, 3.8) is 0 Å². The smallest absolute Gasteiger partial charge is 0.398 e. The second-order valence-corrected chi connectivity index (χ2v) is 6.58. The third-order valence-electron chi connectivity index (χ3n) is 3.86. The molecule has 0 aromatic carbocycles.